The minimum Gasteiger partial charge on any atom is -0.478 e. The number of carboxylic acids is 1. The van der Waals surface area contributed by atoms with E-state index in [4.69, 9.17) is 15.0 Å². The van der Waals surface area contributed by atoms with Crippen LogP contribution in [0.1, 0.15) is 20.7 Å². The molecule has 0 radical (unpaired) electrons. The molecule has 2 amide bonds. The van der Waals surface area contributed by atoms with Crippen molar-refractivity contribution >= 4 is 86.1 Å². The van der Waals surface area contributed by atoms with Crippen molar-refractivity contribution in [3.8, 4) is 0 Å². The summed E-state index contributed by atoms with van der Waals surface area (Å²) in [6.45, 7) is -0.0204. The van der Waals surface area contributed by atoms with E-state index in [9.17, 15) is 9.59 Å². The topological polar surface area (TPSA) is 116 Å². The van der Waals surface area contributed by atoms with E-state index in [-0.39, 0.29) is 24.6 Å². The van der Waals surface area contributed by atoms with Crippen molar-refractivity contribution in [2.75, 3.05) is 20.2 Å². The lowest BCUT2D eigenvalue weighted by molar-refractivity contribution is -0.109. The van der Waals surface area contributed by atoms with Crippen molar-refractivity contribution in [2.24, 2.45) is 0 Å². The second-order valence-corrected chi connectivity index (χ2v) is 6.92. The number of benzene rings is 1. The first-order chi connectivity index (χ1) is 10.3. The summed E-state index contributed by atoms with van der Waals surface area (Å²) in [5, 5.41) is 22.5. The summed E-state index contributed by atoms with van der Waals surface area (Å²) in [6.07, 6.45) is 0.625. The fraction of sp³-hybridized carbons (Fsp3) is 0.250. The maximum Gasteiger partial charge on any atom is 0.336 e. The Balaban J connectivity index is 0.000000980. The number of halogens is 3. The monoisotopic (exact) mass is 646 g/mol. The maximum absolute atomic E-state index is 11.9. The second-order valence-electron chi connectivity index (χ2n) is 3.60. The Kier molecular flexibility index (Phi) is 11.2. The first-order valence-corrected chi connectivity index (χ1v) is 8.96. The fourth-order valence-corrected chi connectivity index (χ4v) is 3.89. The van der Waals surface area contributed by atoms with Gasteiger partial charge in [-0.1, -0.05) is 0 Å². The molecule has 122 valence electrons. The molecule has 4 N–H and O–H groups in total. The fourth-order valence-electron chi connectivity index (χ4n) is 1.22. The van der Waals surface area contributed by atoms with Crippen LogP contribution in [0.4, 0.5) is 0 Å². The summed E-state index contributed by atoms with van der Waals surface area (Å²) < 4.78 is 1.82. The second kappa shape index (κ2) is 11.3. The Labute approximate surface area is 168 Å². The number of aromatic carboxylic acids is 1. The highest BCUT2D eigenvalue weighted by Gasteiger charge is 2.22. The number of carboxylic acid groups (broad SMARTS) is 1. The smallest absolute Gasteiger partial charge is 0.336 e. The third-order valence-electron chi connectivity index (χ3n) is 2.13. The Morgan fingerprint density at radius 2 is 1.82 bits per heavy atom. The number of amides is 2. The van der Waals surface area contributed by atoms with E-state index >= 15 is 0 Å². The molecule has 0 bridgehead atoms. The summed E-state index contributed by atoms with van der Waals surface area (Å²) in [4.78, 5) is 32.1. The largest absolute Gasteiger partial charge is 0.478 e. The molecule has 22 heavy (non-hydrogen) atoms. The zero-order valence-corrected chi connectivity index (χ0v) is 17.8. The summed E-state index contributed by atoms with van der Waals surface area (Å²) in [7, 11) is 1.56. The van der Waals surface area contributed by atoms with Crippen LogP contribution >= 0.6 is 67.8 Å². The molecule has 0 aromatic heterocycles. The average Bonchev–Trinajstić information content (AvgIpc) is 2.48. The molecule has 0 spiro atoms. The molecule has 0 unspecified atom stereocenters. The molecule has 1 rings (SSSR count). The zero-order valence-electron chi connectivity index (χ0n) is 11.3. The van der Waals surface area contributed by atoms with Crippen LogP contribution in [0, 0.1) is 10.7 Å². The van der Waals surface area contributed by atoms with Gasteiger partial charge in [-0.15, -0.1) is 0 Å². The van der Waals surface area contributed by atoms with Crippen LogP contribution in [0.5, 0.6) is 0 Å². The average molecular weight is 646 g/mol. The molecule has 0 aliphatic carbocycles. The quantitative estimate of drug-likeness (QED) is 0.219. The van der Waals surface area contributed by atoms with Gasteiger partial charge in [0.25, 0.3) is 5.91 Å². The van der Waals surface area contributed by atoms with Gasteiger partial charge in [0, 0.05) is 24.3 Å². The molecule has 1 aromatic rings. The predicted molar refractivity (Wildman–Crippen MR) is 106 cm³/mol. The van der Waals surface area contributed by atoms with Crippen LogP contribution in [0.25, 0.3) is 0 Å². The van der Waals surface area contributed by atoms with Gasteiger partial charge in [0.1, 0.15) is 0 Å². The van der Waals surface area contributed by atoms with E-state index in [1.165, 1.54) is 6.07 Å². The lowest BCUT2D eigenvalue weighted by Crippen LogP contribution is -2.28. The number of aliphatic hydroxyl groups is 1. The first-order valence-electron chi connectivity index (χ1n) is 5.72. The Hall–Kier alpha value is -0.220. The minimum absolute atomic E-state index is 0.106. The van der Waals surface area contributed by atoms with Crippen molar-refractivity contribution in [1.82, 2.24) is 10.6 Å². The normalized spacial score (nSPS) is 9.32. The summed E-state index contributed by atoms with van der Waals surface area (Å²) in [6, 6.07) is 1.54. The van der Waals surface area contributed by atoms with Gasteiger partial charge in [-0.3, -0.25) is 9.59 Å². The molecule has 0 aliphatic heterocycles. The molecular weight excluding hydrogens is 633 g/mol. The molecule has 0 heterocycles. The highest BCUT2D eigenvalue weighted by molar-refractivity contribution is 14.1. The number of nitrogens with one attached hydrogen (secondary N) is 2. The molecule has 0 aliphatic rings. The number of hydrogen-bond donors (Lipinski definition) is 4. The molecule has 10 heteroatoms. The van der Waals surface area contributed by atoms with E-state index in [0.717, 1.165) is 0 Å². The molecule has 0 fully saturated rings. The van der Waals surface area contributed by atoms with Crippen LogP contribution in [0.2, 0.25) is 0 Å². The van der Waals surface area contributed by atoms with E-state index in [2.05, 4.69) is 10.6 Å². The molecule has 0 saturated carbocycles. The van der Waals surface area contributed by atoms with Crippen LogP contribution in [0.15, 0.2) is 6.07 Å². The zero-order chi connectivity index (χ0) is 17.3. The highest BCUT2D eigenvalue weighted by atomic mass is 127. The maximum atomic E-state index is 11.9. The first kappa shape index (κ1) is 21.8. The van der Waals surface area contributed by atoms with Gasteiger partial charge in [0.15, 0.2) is 0 Å². The number of carbonyl (C=O) groups excluding carboxylic acids is 2. The Morgan fingerprint density at radius 3 is 2.23 bits per heavy atom. The van der Waals surface area contributed by atoms with Gasteiger partial charge < -0.3 is 20.8 Å². The SMILES string of the molecule is CNC=O.O=C(O)c1cc(I)c(I)c(C(=O)NCCO)c1I. The van der Waals surface area contributed by atoms with E-state index < -0.39 is 5.97 Å². The van der Waals surface area contributed by atoms with Gasteiger partial charge in [-0.2, -0.15) is 0 Å². The summed E-state index contributed by atoms with van der Waals surface area (Å²) in [5.41, 5.74) is 0.448. The number of aliphatic hydroxyl groups excluding tert-OH is 1. The van der Waals surface area contributed by atoms with Crippen molar-refractivity contribution in [3.63, 3.8) is 0 Å². The summed E-state index contributed by atoms with van der Waals surface area (Å²) >= 11 is 5.86. The Morgan fingerprint density at radius 1 is 1.27 bits per heavy atom. The van der Waals surface area contributed by atoms with Crippen molar-refractivity contribution < 1.29 is 24.6 Å². The lowest BCUT2D eigenvalue weighted by atomic mass is 10.1. The molecule has 7 nitrogen and oxygen atoms in total. The van der Waals surface area contributed by atoms with Gasteiger partial charge in [0.2, 0.25) is 6.41 Å². The summed E-state index contributed by atoms with van der Waals surface area (Å²) in [5.74, 6) is -1.44. The van der Waals surface area contributed by atoms with Crippen LogP contribution < -0.4 is 10.6 Å². The van der Waals surface area contributed by atoms with Gasteiger partial charge in [-0.05, 0) is 73.8 Å². The Bertz CT molecular complexity index is 566. The van der Waals surface area contributed by atoms with Gasteiger partial charge in [0.05, 0.1) is 17.7 Å². The lowest BCUT2D eigenvalue weighted by Gasteiger charge is -2.12. The predicted octanol–water partition coefficient (Wildman–Crippen LogP) is 1.28. The molecule has 0 atom stereocenters. The molecule has 1 aromatic carbocycles. The molecule has 0 saturated heterocycles. The number of carbonyl (C=O) groups is 3. The van der Waals surface area contributed by atoms with E-state index in [1.807, 2.05) is 67.8 Å². The van der Waals surface area contributed by atoms with Crippen LogP contribution in [0.3, 0.4) is 0 Å². The molecular formula is C12H13I3N2O5. The minimum atomic E-state index is -1.06. The van der Waals surface area contributed by atoms with Gasteiger partial charge in [-0.25, -0.2) is 4.79 Å². The number of rotatable bonds is 5. The van der Waals surface area contributed by atoms with Crippen LogP contribution in [-0.4, -0.2) is 48.7 Å². The van der Waals surface area contributed by atoms with E-state index in [1.54, 1.807) is 7.05 Å². The van der Waals surface area contributed by atoms with Crippen LogP contribution in [-0.2, 0) is 4.79 Å². The van der Waals surface area contributed by atoms with E-state index in [0.29, 0.717) is 22.7 Å². The number of hydrogen-bond acceptors (Lipinski definition) is 4. The standard InChI is InChI=1S/C10H8I3NO4.C2H5NO/c11-5-3-4(10(17)18)7(12)6(8(5)13)9(16)14-1-2-15;1-3-2-4/h3,15H,1-2H2,(H,14,16)(H,17,18);2H,1H3,(H,3,4). The van der Waals surface area contributed by atoms with Gasteiger partial charge >= 0.3 is 5.97 Å². The third kappa shape index (κ3) is 6.49. The third-order valence-corrected chi connectivity index (χ3v) is 6.25. The van der Waals surface area contributed by atoms with Crippen molar-refractivity contribution in [1.29, 1.82) is 0 Å². The highest BCUT2D eigenvalue weighted by Crippen LogP contribution is 2.27. The van der Waals surface area contributed by atoms with Crippen molar-refractivity contribution in [3.05, 3.63) is 27.9 Å². The van der Waals surface area contributed by atoms with Crippen molar-refractivity contribution in [2.45, 2.75) is 0 Å².